The summed E-state index contributed by atoms with van der Waals surface area (Å²) in [4.78, 5) is 20.4. The highest BCUT2D eigenvalue weighted by atomic mass is 16.7. The molecular formula is C20H28N4O2. The number of H-pyrrole nitrogens is 1. The quantitative estimate of drug-likeness (QED) is 0.901. The van der Waals surface area contributed by atoms with Crippen LogP contribution in [0.25, 0.3) is 0 Å². The number of hydrogen-bond acceptors (Lipinski definition) is 4. The SMILES string of the molecule is CC(c1cc(C(=O)N2C[C@@H]3[C@H](C2)C3(C)C2=NOC(C)(C)C2)n[nH]1)C1CC1. The Morgan fingerprint density at radius 2 is 2.00 bits per heavy atom. The molecule has 5 rings (SSSR count). The summed E-state index contributed by atoms with van der Waals surface area (Å²) in [6, 6.07) is 1.96. The highest BCUT2D eigenvalue weighted by molar-refractivity contribution is 5.96. The minimum absolute atomic E-state index is 0.0648. The smallest absolute Gasteiger partial charge is 0.274 e. The molecule has 4 aliphatic rings. The van der Waals surface area contributed by atoms with E-state index in [0.29, 0.717) is 23.4 Å². The van der Waals surface area contributed by atoms with Crippen molar-refractivity contribution in [2.75, 3.05) is 13.1 Å². The molecule has 1 aromatic rings. The number of aromatic amines is 1. The Labute approximate surface area is 154 Å². The van der Waals surface area contributed by atoms with E-state index in [2.05, 4.69) is 43.0 Å². The first kappa shape index (κ1) is 16.3. The summed E-state index contributed by atoms with van der Waals surface area (Å²) in [6.07, 6.45) is 3.48. The van der Waals surface area contributed by atoms with Gasteiger partial charge in [0.2, 0.25) is 0 Å². The van der Waals surface area contributed by atoms with Gasteiger partial charge in [-0.3, -0.25) is 9.89 Å². The van der Waals surface area contributed by atoms with Gasteiger partial charge in [0, 0.05) is 36.5 Å². The molecule has 3 heterocycles. The molecule has 3 fully saturated rings. The fourth-order valence-corrected chi connectivity index (χ4v) is 5.10. The number of hydrogen-bond donors (Lipinski definition) is 1. The van der Waals surface area contributed by atoms with Crippen molar-refractivity contribution in [3.8, 4) is 0 Å². The molecule has 140 valence electrons. The van der Waals surface area contributed by atoms with Crippen molar-refractivity contribution < 1.29 is 9.63 Å². The normalized spacial score (nSPS) is 35.7. The lowest BCUT2D eigenvalue weighted by Crippen LogP contribution is -2.36. The van der Waals surface area contributed by atoms with E-state index in [1.54, 1.807) is 0 Å². The molecule has 2 aliphatic heterocycles. The van der Waals surface area contributed by atoms with Gasteiger partial charge in [-0.25, -0.2) is 0 Å². The van der Waals surface area contributed by atoms with Crippen LogP contribution < -0.4 is 0 Å². The van der Waals surface area contributed by atoms with Gasteiger partial charge in [-0.2, -0.15) is 5.10 Å². The average Bonchev–Trinajstić information content (AvgIpc) is 3.28. The predicted molar refractivity (Wildman–Crippen MR) is 97.9 cm³/mol. The number of oxime groups is 1. The first-order valence-corrected chi connectivity index (χ1v) is 9.90. The van der Waals surface area contributed by atoms with Crippen molar-refractivity contribution in [1.29, 1.82) is 0 Å². The number of carbonyl (C=O) groups is 1. The summed E-state index contributed by atoms with van der Waals surface area (Å²) in [5.74, 6) is 2.31. The van der Waals surface area contributed by atoms with E-state index in [-0.39, 0.29) is 16.9 Å². The lowest BCUT2D eigenvalue weighted by molar-refractivity contribution is 0.0123. The molecule has 2 aliphatic carbocycles. The molecule has 1 N–H and O–H groups in total. The van der Waals surface area contributed by atoms with Crippen molar-refractivity contribution in [3.05, 3.63) is 17.5 Å². The Hall–Kier alpha value is -1.85. The molecule has 0 spiro atoms. The van der Waals surface area contributed by atoms with Crippen molar-refractivity contribution in [1.82, 2.24) is 15.1 Å². The van der Waals surface area contributed by atoms with E-state index in [1.165, 1.54) is 18.6 Å². The van der Waals surface area contributed by atoms with Crippen LogP contribution in [0, 0.1) is 23.2 Å². The van der Waals surface area contributed by atoms with Crippen LogP contribution in [0.2, 0.25) is 0 Å². The zero-order chi connectivity index (χ0) is 18.3. The molecule has 1 amide bonds. The van der Waals surface area contributed by atoms with Gasteiger partial charge in [0.15, 0.2) is 0 Å². The van der Waals surface area contributed by atoms with E-state index in [1.807, 2.05) is 11.0 Å². The number of fused-ring (bicyclic) bond motifs is 1. The Morgan fingerprint density at radius 1 is 1.31 bits per heavy atom. The topological polar surface area (TPSA) is 70.6 Å². The van der Waals surface area contributed by atoms with E-state index < -0.39 is 0 Å². The van der Waals surface area contributed by atoms with E-state index in [0.717, 1.165) is 31.1 Å². The maximum absolute atomic E-state index is 12.9. The summed E-state index contributed by atoms with van der Waals surface area (Å²) >= 11 is 0. The van der Waals surface area contributed by atoms with Crippen molar-refractivity contribution >= 4 is 11.6 Å². The van der Waals surface area contributed by atoms with E-state index in [9.17, 15) is 4.79 Å². The third-order valence-electron chi connectivity index (χ3n) is 7.29. The Kier molecular flexibility index (Phi) is 3.21. The second-order valence-corrected chi connectivity index (χ2v) is 9.61. The zero-order valence-electron chi connectivity index (χ0n) is 16.1. The number of aromatic nitrogens is 2. The third kappa shape index (κ3) is 2.33. The van der Waals surface area contributed by atoms with Gasteiger partial charge in [-0.05, 0) is 50.5 Å². The van der Waals surface area contributed by atoms with Crippen LogP contribution >= 0.6 is 0 Å². The molecule has 0 bridgehead atoms. The zero-order valence-corrected chi connectivity index (χ0v) is 16.1. The monoisotopic (exact) mass is 356 g/mol. The highest BCUT2D eigenvalue weighted by Crippen LogP contribution is 2.64. The minimum Gasteiger partial charge on any atom is -0.389 e. The summed E-state index contributed by atoms with van der Waals surface area (Å²) in [5.41, 5.74) is 2.78. The first-order valence-electron chi connectivity index (χ1n) is 9.90. The van der Waals surface area contributed by atoms with Crippen LogP contribution in [-0.4, -0.2) is 45.4 Å². The standard InChI is InChI=1S/C20H28N4O2/c1-11(12-5-6-12)15-7-16(22-21-15)18(25)24-9-13-14(10-24)20(13,4)17-8-19(2,3)26-23-17/h7,11-14H,5-6,8-10H2,1-4H3,(H,21,22)/t11?,13-,14+,20?. The lowest BCUT2D eigenvalue weighted by Gasteiger charge is -2.23. The van der Waals surface area contributed by atoms with Crippen LogP contribution in [0.15, 0.2) is 11.2 Å². The van der Waals surface area contributed by atoms with Gasteiger partial charge in [-0.1, -0.05) is 19.0 Å². The summed E-state index contributed by atoms with van der Waals surface area (Å²) < 4.78 is 0. The molecule has 0 aromatic carbocycles. The van der Waals surface area contributed by atoms with Crippen LogP contribution in [-0.2, 0) is 4.84 Å². The van der Waals surface area contributed by atoms with E-state index >= 15 is 0 Å². The Morgan fingerprint density at radius 3 is 2.58 bits per heavy atom. The fourth-order valence-electron chi connectivity index (χ4n) is 5.10. The second kappa shape index (κ2) is 5.11. The van der Waals surface area contributed by atoms with Crippen LogP contribution in [0.4, 0.5) is 0 Å². The number of carbonyl (C=O) groups excluding carboxylic acids is 1. The van der Waals surface area contributed by atoms with Crippen molar-refractivity contribution in [3.63, 3.8) is 0 Å². The van der Waals surface area contributed by atoms with Gasteiger partial charge in [-0.15, -0.1) is 0 Å². The number of piperidine rings is 1. The predicted octanol–water partition coefficient (Wildman–Crippen LogP) is 3.19. The molecule has 1 saturated heterocycles. The number of nitrogens with one attached hydrogen (secondary N) is 1. The molecule has 1 aromatic heterocycles. The third-order valence-corrected chi connectivity index (χ3v) is 7.29. The van der Waals surface area contributed by atoms with Gasteiger partial charge < -0.3 is 9.74 Å². The molecule has 2 saturated carbocycles. The maximum Gasteiger partial charge on any atom is 0.274 e. The summed E-state index contributed by atoms with van der Waals surface area (Å²) in [6.45, 7) is 10.3. The molecule has 6 nitrogen and oxygen atoms in total. The van der Waals surface area contributed by atoms with Crippen LogP contribution in [0.3, 0.4) is 0 Å². The van der Waals surface area contributed by atoms with E-state index in [4.69, 9.17) is 4.84 Å². The lowest BCUT2D eigenvalue weighted by atomic mass is 9.88. The second-order valence-electron chi connectivity index (χ2n) is 9.61. The largest absolute Gasteiger partial charge is 0.389 e. The number of likely N-dealkylation sites (tertiary alicyclic amines) is 1. The summed E-state index contributed by atoms with van der Waals surface area (Å²) in [7, 11) is 0. The number of nitrogens with zero attached hydrogens (tertiary/aromatic N) is 3. The Balaban J connectivity index is 1.24. The average molecular weight is 356 g/mol. The van der Waals surface area contributed by atoms with Crippen molar-refractivity contribution in [2.24, 2.45) is 28.3 Å². The highest BCUT2D eigenvalue weighted by Gasteiger charge is 2.69. The molecule has 2 unspecified atom stereocenters. The first-order chi connectivity index (χ1) is 12.3. The molecule has 0 radical (unpaired) electrons. The van der Waals surface area contributed by atoms with Gasteiger partial charge in [0.1, 0.15) is 11.3 Å². The van der Waals surface area contributed by atoms with Gasteiger partial charge >= 0.3 is 0 Å². The minimum atomic E-state index is -0.186. The fraction of sp³-hybridized carbons (Fsp3) is 0.750. The molecule has 4 atom stereocenters. The number of amides is 1. The van der Waals surface area contributed by atoms with Gasteiger partial charge in [0.25, 0.3) is 5.91 Å². The molecular weight excluding hydrogens is 328 g/mol. The van der Waals surface area contributed by atoms with Crippen LogP contribution in [0.5, 0.6) is 0 Å². The summed E-state index contributed by atoms with van der Waals surface area (Å²) in [5, 5.41) is 11.8. The van der Waals surface area contributed by atoms with Gasteiger partial charge in [0.05, 0.1) is 5.71 Å². The van der Waals surface area contributed by atoms with Crippen molar-refractivity contribution in [2.45, 2.75) is 58.5 Å². The molecule has 6 heteroatoms. The maximum atomic E-state index is 12.9. The Bertz CT molecular complexity index is 779. The molecule has 26 heavy (non-hydrogen) atoms. The van der Waals surface area contributed by atoms with Crippen LogP contribution in [0.1, 0.15) is 69.1 Å². The number of rotatable bonds is 4.